The average molecular weight is 196 g/mol. The van der Waals surface area contributed by atoms with Gasteiger partial charge >= 0.3 is 0 Å². The quantitative estimate of drug-likeness (QED) is 0.746. The van der Waals surface area contributed by atoms with E-state index in [2.05, 4.69) is 25.7 Å². The van der Waals surface area contributed by atoms with Gasteiger partial charge in [0, 0.05) is 24.7 Å². The van der Waals surface area contributed by atoms with Crippen molar-refractivity contribution >= 4 is 0 Å². The molecule has 1 saturated carbocycles. The molecule has 2 heteroatoms. The molecule has 2 rings (SSSR count). The molecule has 1 saturated heterocycles. The van der Waals surface area contributed by atoms with Gasteiger partial charge < -0.3 is 5.73 Å². The topological polar surface area (TPSA) is 29.3 Å². The predicted molar refractivity (Wildman–Crippen MR) is 60.1 cm³/mol. The highest BCUT2D eigenvalue weighted by Gasteiger charge is 2.39. The van der Waals surface area contributed by atoms with Crippen molar-refractivity contribution in [3.8, 4) is 0 Å². The smallest absolute Gasteiger partial charge is 0.0196 e. The minimum atomic E-state index is 0.381. The van der Waals surface area contributed by atoms with Crippen molar-refractivity contribution in [2.75, 3.05) is 13.1 Å². The zero-order valence-electron chi connectivity index (χ0n) is 9.79. The lowest BCUT2D eigenvalue weighted by Crippen LogP contribution is -2.46. The zero-order valence-corrected chi connectivity index (χ0v) is 9.79. The summed E-state index contributed by atoms with van der Waals surface area (Å²) < 4.78 is 0. The molecular formula is C12H24N2. The molecule has 1 heterocycles. The predicted octanol–water partition coefficient (Wildman–Crippen LogP) is 1.84. The molecule has 14 heavy (non-hydrogen) atoms. The second-order valence-electron chi connectivity index (χ2n) is 6.03. The largest absolute Gasteiger partial charge is 0.326 e. The van der Waals surface area contributed by atoms with Crippen molar-refractivity contribution in [2.24, 2.45) is 17.6 Å². The standard InChI is InChI=1S/C12H24N2/c1-9-6-12(2,3)14(7-9)8-11(13)10-4-5-10/h9-11H,4-8,13H2,1-3H3. The maximum absolute atomic E-state index is 6.18. The summed E-state index contributed by atoms with van der Waals surface area (Å²) in [5, 5.41) is 0. The highest BCUT2D eigenvalue weighted by molar-refractivity contribution is 4.95. The van der Waals surface area contributed by atoms with E-state index in [-0.39, 0.29) is 0 Å². The van der Waals surface area contributed by atoms with E-state index in [9.17, 15) is 0 Å². The summed E-state index contributed by atoms with van der Waals surface area (Å²) in [6, 6.07) is 0.430. The van der Waals surface area contributed by atoms with Gasteiger partial charge in [-0.15, -0.1) is 0 Å². The molecule has 2 atom stereocenters. The first kappa shape index (κ1) is 10.4. The molecule has 82 valence electrons. The van der Waals surface area contributed by atoms with Crippen molar-refractivity contribution in [1.29, 1.82) is 0 Å². The first-order valence-electron chi connectivity index (χ1n) is 5.99. The van der Waals surface area contributed by atoms with Crippen LogP contribution >= 0.6 is 0 Å². The van der Waals surface area contributed by atoms with Gasteiger partial charge in [0.25, 0.3) is 0 Å². The van der Waals surface area contributed by atoms with Gasteiger partial charge in [-0.05, 0) is 44.9 Å². The van der Waals surface area contributed by atoms with Crippen molar-refractivity contribution in [3.63, 3.8) is 0 Å². The van der Waals surface area contributed by atoms with Crippen LogP contribution in [0.25, 0.3) is 0 Å². The summed E-state index contributed by atoms with van der Waals surface area (Å²) in [6.07, 6.45) is 4.06. The number of hydrogen-bond donors (Lipinski definition) is 1. The monoisotopic (exact) mass is 196 g/mol. The third kappa shape index (κ3) is 2.12. The van der Waals surface area contributed by atoms with Gasteiger partial charge in [0.2, 0.25) is 0 Å². The van der Waals surface area contributed by atoms with Gasteiger partial charge in [-0.2, -0.15) is 0 Å². The van der Waals surface area contributed by atoms with Crippen LogP contribution in [0.3, 0.4) is 0 Å². The Kier molecular flexibility index (Phi) is 2.61. The van der Waals surface area contributed by atoms with Crippen molar-refractivity contribution in [1.82, 2.24) is 4.90 Å². The number of hydrogen-bond acceptors (Lipinski definition) is 2. The molecule has 2 aliphatic rings. The molecule has 0 bridgehead atoms. The molecule has 0 spiro atoms. The summed E-state index contributed by atoms with van der Waals surface area (Å²) in [6.45, 7) is 9.42. The van der Waals surface area contributed by atoms with E-state index in [1.807, 2.05) is 0 Å². The molecule has 2 nitrogen and oxygen atoms in total. The Morgan fingerprint density at radius 1 is 1.43 bits per heavy atom. The third-order valence-electron chi connectivity index (χ3n) is 3.89. The number of rotatable bonds is 3. The van der Waals surface area contributed by atoms with Crippen LogP contribution in [0, 0.1) is 11.8 Å². The van der Waals surface area contributed by atoms with Gasteiger partial charge in [0.15, 0.2) is 0 Å². The molecule has 2 N–H and O–H groups in total. The van der Waals surface area contributed by atoms with Crippen LogP contribution in [0.4, 0.5) is 0 Å². The fourth-order valence-corrected chi connectivity index (χ4v) is 2.92. The fraction of sp³-hybridized carbons (Fsp3) is 1.00. The summed E-state index contributed by atoms with van der Waals surface area (Å²) in [4.78, 5) is 2.60. The molecule has 2 fully saturated rings. The van der Waals surface area contributed by atoms with Crippen LogP contribution in [0.5, 0.6) is 0 Å². The van der Waals surface area contributed by atoms with Crippen LogP contribution in [0.1, 0.15) is 40.0 Å². The molecular weight excluding hydrogens is 172 g/mol. The summed E-state index contributed by atoms with van der Waals surface area (Å²) in [7, 11) is 0. The number of likely N-dealkylation sites (tertiary alicyclic amines) is 1. The lowest BCUT2D eigenvalue weighted by molar-refractivity contribution is 0.160. The summed E-state index contributed by atoms with van der Waals surface area (Å²) >= 11 is 0. The molecule has 0 aromatic rings. The Labute approximate surface area is 87.8 Å². The van der Waals surface area contributed by atoms with E-state index in [0.717, 1.165) is 18.4 Å². The maximum Gasteiger partial charge on any atom is 0.0196 e. The first-order valence-corrected chi connectivity index (χ1v) is 5.99. The minimum Gasteiger partial charge on any atom is -0.326 e. The van der Waals surface area contributed by atoms with E-state index in [0.29, 0.717) is 11.6 Å². The lowest BCUT2D eigenvalue weighted by atomic mass is 9.97. The highest BCUT2D eigenvalue weighted by Crippen LogP contribution is 2.36. The van der Waals surface area contributed by atoms with Crippen LogP contribution in [0.2, 0.25) is 0 Å². The van der Waals surface area contributed by atoms with Crippen LogP contribution in [-0.2, 0) is 0 Å². The van der Waals surface area contributed by atoms with Crippen molar-refractivity contribution < 1.29 is 0 Å². The summed E-state index contributed by atoms with van der Waals surface area (Å²) in [5.74, 6) is 1.68. The molecule has 0 aromatic heterocycles. The lowest BCUT2D eigenvalue weighted by Gasteiger charge is -2.33. The van der Waals surface area contributed by atoms with E-state index in [4.69, 9.17) is 5.73 Å². The Hall–Kier alpha value is -0.0800. The Morgan fingerprint density at radius 3 is 2.50 bits per heavy atom. The Bertz CT molecular complexity index is 208. The maximum atomic E-state index is 6.18. The Morgan fingerprint density at radius 2 is 2.07 bits per heavy atom. The highest BCUT2D eigenvalue weighted by atomic mass is 15.2. The van der Waals surface area contributed by atoms with E-state index < -0.39 is 0 Å². The molecule has 1 aliphatic carbocycles. The average Bonchev–Trinajstić information content (AvgIpc) is 2.80. The van der Waals surface area contributed by atoms with E-state index in [1.165, 1.54) is 25.8 Å². The Balaban J connectivity index is 1.89. The van der Waals surface area contributed by atoms with E-state index >= 15 is 0 Å². The van der Waals surface area contributed by atoms with Gasteiger partial charge in [-0.25, -0.2) is 0 Å². The van der Waals surface area contributed by atoms with Crippen LogP contribution in [-0.4, -0.2) is 29.6 Å². The summed E-state index contributed by atoms with van der Waals surface area (Å²) in [5.41, 5.74) is 6.56. The SMILES string of the molecule is CC1CN(CC(N)C2CC2)C(C)(C)C1. The minimum absolute atomic E-state index is 0.381. The normalized spacial score (nSPS) is 34.7. The zero-order chi connectivity index (χ0) is 10.3. The fourth-order valence-electron chi connectivity index (χ4n) is 2.92. The second-order valence-corrected chi connectivity index (χ2v) is 6.03. The molecule has 2 unspecified atom stereocenters. The first-order chi connectivity index (χ1) is 6.49. The van der Waals surface area contributed by atoms with Gasteiger partial charge in [-0.3, -0.25) is 4.90 Å². The van der Waals surface area contributed by atoms with Gasteiger partial charge in [-0.1, -0.05) is 6.92 Å². The van der Waals surface area contributed by atoms with Crippen LogP contribution in [0.15, 0.2) is 0 Å². The molecule has 0 amide bonds. The molecule has 0 aromatic carbocycles. The van der Waals surface area contributed by atoms with Crippen LogP contribution < -0.4 is 5.73 Å². The van der Waals surface area contributed by atoms with Crippen molar-refractivity contribution in [2.45, 2.75) is 51.6 Å². The van der Waals surface area contributed by atoms with Gasteiger partial charge in [0.1, 0.15) is 0 Å². The second kappa shape index (κ2) is 3.49. The third-order valence-corrected chi connectivity index (χ3v) is 3.89. The van der Waals surface area contributed by atoms with E-state index in [1.54, 1.807) is 0 Å². The molecule has 1 aliphatic heterocycles. The number of nitrogens with two attached hydrogens (primary N) is 1. The van der Waals surface area contributed by atoms with Gasteiger partial charge in [0.05, 0.1) is 0 Å². The number of nitrogens with zero attached hydrogens (tertiary/aromatic N) is 1. The molecule has 0 radical (unpaired) electrons. The van der Waals surface area contributed by atoms with Crippen molar-refractivity contribution in [3.05, 3.63) is 0 Å².